The molecule has 0 aromatic heterocycles. The molecule has 9 heteroatoms. The van der Waals surface area contributed by atoms with Crippen LogP contribution in [-0.2, 0) is 4.79 Å². The third-order valence-electron chi connectivity index (χ3n) is 2.37. The minimum Gasteiger partial charge on any atom is -0.503 e. The number of phenols is 2. The molecule has 1 aromatic carbocycles. The number of carboxylic acid groups (broad SMARTS) is 2. The highest BCUT2D eigenvalue weighted by Crippen LogP contribution is 2.45. The van der Waals surface area contributed by atoms with Crippen molar-refractivity contribution >= 4 is 23.7 Å². The molecule has 110 valence electrons. The van der Waals surface area contributed by atoms with Crippen LogP contribution < -0.4 is 10.5 Å². The van der Waals surface area contributed by atoms with E-state index in [2.05, 4.69) is 0 Å². The van der Waals surface area contributed by atoms with Crippen molar-refractivity contribution in [3.05, 3.63) is 11.6 Å². The summed E-state index contributed by atoms with van der Waals surface area (Å²) in [4.78, 5) is 21.6. The van der Waals surface area contributed by atoms with Crippen LogP contribution in [-0.4, -0.2) is 51.3 Å². The van der Waals surface area contributed by atoms with Gasteiger partial charge in [0.15, 0.2) is 11.5 Å². The first kappa shape index (κ1) is 15.9. The number of carbonyl (C=O) groups is 2. The fraction of sp³-hybridized carbons (Fsp3) is 0.273. The number of thioether (sulfide) groups is 1. The van der Waals surface area contributed by atoms with E-state index >= 15 is 0 Å². The Kier molecular flexibility index (Phi) is 5.06. The summed E-state index contributed by atoms with van der Waals surface area (Å²) >= 11 is 0.720. The van der Waals surface area contributed by atoms with Crippen molar-refractivity contribution in [1.29, 1.82) is 0 Å². The van der Waals surface area contributed by atoms with Gasteiger partial charge in [-0.25, -0.2) is 4.79 Å². The fourth-order valence-corrected chi connectivity index (χ4v) is 2.35. The van der Waals surface area contributed by atoms with E-state index in [1.54, 1.807) is 0 Å². The summed E-state index contributed by atoms with van der Waals surface area (Å²) in [7, 11) is 1.20. The van der Waals surface area contributed by atoms with Gasteiger partial charge >= 0.3 is 11.9 Å². The van der Waals surface area contributed by atoms with E-state index in [-0.39, 0.29) is 22.0 Å². The van der Waals surface area contributed by atoms with Crippen LogP contribution in [0.15, 0.2) is 11.0 Å². The zero-order valence-corrected chi connectivity index (χ0v) is 11.2. The fourth-order valence-electron chi connectivity index (χ4n) is 1.32. The van der Waals surface area contributed by atoms with Gasteiger partial charge in [-0.05, 0) is 6.07 Å². The number of rotatable bonds is 6. The third-order valence-corrected chi connectivity index (χ3v) is 3.60. The smallest absolute Gasteiger partial charge is 0.337 e. The molecule has 1 aromatic rings. The van der Waals surface area contributed by atoms with Crippen molar-refractivity contribution in [1.82, 2.24) is 0 Å². The lowest BCUT2D eigenvalue weighted by atomic mass is 10.2. The maximum Gasteiger partial charge on any atom is 0.337 e. The highest BCUT2D eigenvalue weighted by Gasteiger charge is 2.23. The number of aromatic hydroxyl groups is 2. The monoisotopic (exact) mass is 303 g/mol. The zero-order valence-electron chi connectivity index (χ0n) is 10.4. The first-order valence-corrected chi connectivity index (χ1v) is 6.25. The molecule has 8 nitrogen and oxygen atoms in total. The van der Waals surface area contributed by atoms with Crippen LogP contribution in [0, 0.1) is 0 Å². The van der Waals surface area contributed by atoms with E-state index < -0.39 is 29.5 Å². The van der Waals surface area contributed by atoms with Crippen LogP contribution in [0.3, 0.4) is 0 Å². The van der Waals surface area contributed by atoms with Crippen LogP contribution in [0.25, 0.3) is 0 Å². The summed E-state index contributed by atoms with van der Waals surface area (Å²) < 4.78 is 4.73. The number of ether oxygens (including phenoxy) is 1. The molecule has 0 fully saturated rings. The first-order valence-electron chi connectivity index (χ1n) is 5.27. The van der Waals surface area contributed by atoms with Crippen LogP contribution >= 0.6 is 11.8 Å². The van der Waals surface area contributed by atoms with Crippen molar-refractivity contribution in [2.75, 3.05) is 12.9 Å². The zero-order chi connectivity index (χ0) is 15.4. The van der Waals surface area contributed by atoms with Crippen molar-refractivity contribution in [3.8, 4) is 17.2 Å². The summed E-state index contributed by atoms with van der Waals surface area (Å²) in [5.41, 5.74) is 4.98. The topological polar surface area (TPSA) is 150 Å². The molecule has 0 aliphatic heterocycles. The number of nitrogens with two attached hydrogens (primary N) is 1. The molecule has 0 radical (unpaired) electrons. The largest absolute Gasteiger partial charge is 0.503 e. The Morgan fingerprint density at radius 3 is 2.40 bits per heavy atom. The van der Waals surface area contributed by atoms with Crippen molar-refractivity contribution in [3.63, 3.8) is 0 Å². The number of aromatic carboxylic acids is 1. The van der Waals surface area contributed by atoms with Gasteiger partial charge in [-0.2, -0.15) is 0 Å². The lowest BCUT2D eigenvalue weighted by molar-refractivity contribution is -0.137. The van der Waals surface area contributed by atoms with Crippen LogP contribution in [0.4, 0.5) is 0 Å². The minimum absolute atomic E-state index is 0.172. The Labute approximate surface area is 117 Å². The lowest BCUT2D eigenvalue weighted by Crippen LogP contribution is -2.32. The molecule has 0 saturated heterocycles. The molecule has 0 aliphatic carbocycles. The van der Waals surface area contributed by atoms with Gasteiger partial charge in [0.2, 0.25) is 5.75 Å². The van der Waals surface area contributed by atoms with Crippen molar-refractivity contribution in [2.45, 2.75) is 10.9 Å². The Bertz CT molecular complexity index is 546. The Hall–Kier alpha value is -2.13. The number of benzene rings is 1. The van der Waals surface area contributed by atoms with Crippen molar-refractivity contribution in [2.24, 2.45) is 5.73 Å². The SMILES string of the molecule is COc1cc(C(=O)O)c(SC[C@H](N)C(=O)O)c(O)c1O. The lowest BCUT2D eigenvalue weighted by Gasteiger charge is -2.13. The van der Waals surface area contributed by atoms with Gasteiger partial charge in [-0.1, -0.05) is 0 Å². The second kappa shape index (κ2) is 6.35. The number of hydrogen-bond acceptors (Lipinski definition) is 7. The normalized spacial score (nSPS) is 11.9. The average Bonchev–Trinajstić information content (AvgIpc) is 2.39. The molecular formula is C11H13NO7S. The van der Waals surface area contributed by atoms with Gasteiger partial charge in [-0.3, -0.25) is 4.79 Å². The number of hydrogen-bond donors (Lipinski definition) is 5. The molecule has 1 atom stereocenters. The Morgan fingerprint density at radius 2 is 1.95 bits per heavy atom. The van der Waals surface area contributed by atoms with E-state index in [0.717, 1.165) is 17.8 Å². The second-order valence-electron chi connectivity index (χ2n) is 3.71. The minimum atomic E-state index is -1.36. The number of methoxy groups -OCH3 is 1. The van der Waals surface area contributed by atoms with Gasteiger partial charge in [-0.15, -0.1) is 11.8 Å². The molecular weight excluding hydrogens is 290 g/mol. The third kappa shape index (κ3) is 3.25. The van der Waals surface area contributed by atoms with Crippen LogP contribution in [0.5, 0.6) is 17.2 Å². The molecule has 0 saturated carbocycles. The summed E-state index contributed by atoms with van der Waals surface area (Å²) in [5.74, 6) is -4.30. The van der Waals surface area contributed by atoms with E-state index in [9.17, 15) is 19.8 Å². The molecule has 0 heterocycles. The summed E-state index contributed by atoms with van der Waals surface area (Å²) in [6.07, 6.45) is 0. The maximum absolute atomic E-state index is 11.1. The van der Waals surface area contributed by atoms with E-state index in [4.69, 9.17) is 20.7 Å². The standard InChI is InChI=1S/C11H13NO7S/c1-19-6-2-4(10(15)16)9(8(14)7(6)13)20-3-5(12)11(17)18/h2,5,13-14H,3,12H2,1H3,(H,15,16)(H,17,18)/t5-/m0/s1. The highest BCUT2D eigenvalue weighted by atomic mass is 32.2. The van der Waals surface area contributed by atoms with Gasteiger partial charge in [0.05, 0.1) is 17.6 Å². The summed E-state index contributed by atoms with van der Waals surface area (Å²) in [6.45, 7) is 0. The highest BCUT2D eigenvalue weighted by molar-refractivity contribution is 7.99. The molecule has 0 amide bonds. The van der Waals surface area contributed by atoms with Gasteiger partial charge in [0.1, 0.15) is 6.04 Å². The summed E-state index contributed by atoms with van der Waals surface area (Å²) in [5, 5.41) is 37.1. The van der Waals surface area contributed by atoms with E-state index in [1.165, 1.54) is 7.11 Å². The average molecular weight is 303 g/mol. The quantitative estimate of drug-likeness (QED) is 0.369. The molecule has 20 heavy (non-hydrogen) atoms. The molecule has 0 bridgehead atoms. The number of carboxylic acids is 2. The number of aliphatic carboxylic acids is 1. The first-order chi connectivity index (χ1) is 9.29. The van der Waals surface area contributed by atoms with Crippen LogP contribution in [0.1, 0.15) is 10.4 Å². The van der Waals surface area contributed by atoms with Gasteiger partial charge < -0.3 is 30.9 Å². The predicted octanol–water partition coefficient (Wildman–Crippen LogP) is 0.309. The molecule has 0 unspecified atom stereocenters. The second-order valence-corrected chi connectivity index (χ2v) is 4.74. The predicted molar refractivity (Wildman–Crippen MR) is 69.6 cm³/mol. The molecule has 6 N–H and O–H groups in total. The molecule has 0 aliphatic rings. The Balaban J connectivity index is 3.20. The van der Waals surface area contributed by atoms with E-state index in [1.807, 2.05) is 0 Å². The van der Waals surface area contributed by atoms with E-state index in [0.29, 0.717) is 0 Å². The Morgan fingerprint density at radius 1 is 1.35 bits per heavy atom. The van der Waals surface area contributed by atoms with Crippen LogP contribution in [0.2, 0.25) is 0 Å². The molecule has 1 rings (SSSR count). The summed E-state index contributed by atoms with van der Waals surface area (Å²) in [6, 6.07) is -0.197. The number of phenolic OH excluding ortho intramolecular Hbond substituents is 2. The van der Waals surface area contributed by atoms with Gasteiger partial charge in [0, 0.05) is 5.75 Å². The molecule has 0 spiro atoms. The maximum atomic E-state index is 11.1. The van der Waals surface area contributed by atoms with Crippen molar-refractivity contribution < 1.29 is 34.8 Å². The van der Waals surface area contributed by atoms with Gasteiger partial charge in [0.25, 0.3) is 0 Å².